The van der Waals surface area contributed by atoms with Gasteiger partial charge in [0.1, 0.15) is 24.4 Å². The number of aliphatic hydroxyl groups is 3. The quantitative estimate of drug-likeness (QED) is 0.0201. The van der Waals surface area contributed by atoms with Gasteiger partial charge in [-0.3, -0.25) is 9.36 Å². The summed E-state index contributed by atoms with van der Waals surface area (Å²) >= 11 is 0. The van der Waals surface area contributed by atoms with Crippen molar-refractivity contribution < 1.29 is 72.1 Å². The molecule has 2 unspecified atom stereocenters. The summed E-state index contributed by atoms with van der Waals surface area (Å²) in [6, 6.07) is 5.04. The van der Waals surface area contributed by atoms with Crippen molar-refractivity contribution in [3.8, 4) is 5.75 Å². The number of aromatic nitrogens is 6. The van der Waals surface area contributed by atoms with Crippen molar-refractivity contribution in [2.24, 2.45) is 0 Å². The second kappa shape index (κ2) is 20.3. The average Bonchev–Trinajstić information content (AvgIpc) is 3.92. The van der Waals surface area contributed by atoms with Crippen LogP contribution in [-0.4, -0.2) is 114 Å². The molecular weight excluding hydrogens is 876 g/mol. The third-order valence-corrected chi connectivity index (χ3v) is 12.0. The Morgan fingerprint density at radius 3 is 2.52 bits per heavy atom. The Hall–Kier alpha value is -5.59. The number of nitrogens with one attached hydrogen (secondary N) is 1. The molecule has 0 radical (unpaired) electrons. The van der Waals surface area contributed by atoms with Gasteiger partial charge in [0.15, 0.2) is 29.4 Å². The van der Waals surface area contributed by atoms with Crippen molar-refractivity contribution >= 4 is 50.9 Å². The van der Waals surface area contributed by atoms with E-state index < -0.39 is 95.2 Å². The molecule has 27 heteroatoms. The number of benzene rings is 1. The Morgan fingerprint density at radius 2 is 1.86 bits per heavy atom. The van der Waals surface area contributed by atoms with Gasteiger partial charge in [0, 0.05) is 6.42 Å². The first-order chi connectivity index (χ1) is 30.0. The zero-order valence-corrected chi connectivity index (χ0v) is 35.3. The van der Waals surface area contributed by atoms with Gasteiger partial charge >= 0.3 is 213 Å². The summed E-state index contributed by atoms with van der Waals surface area (Å²) in [6.07, 6.45) is -3.83. The number of esters is 1. The van der Waals surface area contributed by atoms with Gasteiger partial charge < -0.3 is 25.4 Å². The molecule has 63 heavy (non-hydrogen) atoms. The molecule has 4 aromatic rings. The van der Waals surface area contributed by atoms with Crippen molar-refractivity contribution in [2.75, 3.05) is 18.1 Å². The first-order valence-corrected chi connectivity index (χ1v) is 22.4. The fourth-order valence-corrected chi connectivity index (χ4v) is 8.68. The molecule has 2 fully saturated rings. The minimum absolute atomic E-state index is 0.0531. The number of anilines is 2. The second-order valence-electron chi connectivity index (χ2n) is 14.2. The number of nitrogens with two attached hydrogens (primary N) is 2. The molecule has 6 rings (SSSR count). The maximum atomic E-state index is 14.2. The van der Waals surface area contributed by atoms with Gasteiger partial charge in [-0.1, -0.05) is 6.08 Å². The monoisotopic (exact) mass is 923 g/mol. The molecule has 0 bridgehead atoms. The van der Waals surface area contributed by atoms with Crippen LogP contribution in [0.3, 0.4) is 0 Å². The molecule has 2 aliphatic rings. The summed E-state index contributed by atoms with van der Waals surface area (Å²) in [6.45, 7) is 4.59. The molecule has 0 saturated carbocycles. The third-order valence-electron chi connectivity index (χ3n) is 9.76. The van der Waals surface area contributed by atoms with Gasteiger partial charge in [-0.25, -0.2) is 19.7 Å². The van der Waals surface area contributed by atoms with E-state index in [9.17, 15) is 48.9 Å². The van der Waals surface area contributed by atoms with Crippen molar-refractivity contribution in [1.82, 2.24) is 34.4 Å². The van der Waals surface area contributed by atoms with Gasteiger partial charge in [-0.15, -0.1) is 6.58 Å². The standard InChI is InChI=1S/C36H47N9O16P2/c1-3-5-7-23(47)43-25(35(50)60-28-20(14-46)57-33(27(28)49)45-17-41-26-31(38)39-16-40-32(26)45)18-8-10-19(11-9-18)61-62(52)30-21(15-56-63(53,54)55)58-34(29(30)59-24(48)6-4-2)44-13-12-22(37)42-36(44)51/h3,8-14,16-17,21,24-25,27-30,33-34,46,48-49,53-55,62-63H,1,4-7,15H2,2H3,(H,43,47)(H2,37,42,51)(H2,38,39,40)/b20-14-/t21-,24?,25+,27-,28-,29-,30-,33-,34-/m1/s1. The summed E-state index contributed by atoms with van der Waals surface area (Å²) in [5, 5.41) is 34.6. The number of carbonyl (C=O) groups excluding carboxylic acids is 2. The van der Waals surface area contributed by atoms with Gasteiger partial charge in [-0.05, 0) is 6.42 Å². The number of fused-ring (bicyclic) bond motifs is 1. The Morgan fingerprint density at radius 1 is 1.11 bits per heavy atom. The summed E-state index contributed by atoms with van der Waals surface area (Å²) in [4.78, 5) is 84.5. The molecule has 0 aliphatic carbocycles. The van der Waals surface area contributed by atoms with Crippen LogP contribution in [-0.2, 0) is 37.6 Å². The van der Waals surface area contributed by atoms with Crippen molar-refractivity contribution in [1.29, 1.82) is 0 Å². The fraction of sp³-hybridized carbons (Fsp3) is 0.417. The zero-order chi connectivity index (χ0) is 45.6. The van der Waals surface area contributed by atoms with E-state index in [1.807, 2.05) is 0 Å². The number of amides is 1. The summed E-state index contributed by atoms with van der Waals surface area (Å²) < 4.78 is 50.4. The topological polar surface area (TPSA) is 371 Å². The third kappa shape index (κ3) is 11.0. The fourth-order valence-electron chi connectivity index (χ4n) is 6.80. The van der Waals surface area contributed by atoms with E-state index >= 15 is 0 Å². The molecule has 3 aromatic heterocycles. The van der Waals surface area contributed by atoms with Crippen LogP contribution in [0.1, 0.15) is 56.7 Å². The van der Waals surface area contributed by atoms with Gasteiger partial charge in [0.05, 0.1) is 0 Å². The number of hydrogen-bond acceptors (Lipinski definition) is 22. The van der Waals surface area contributed by atoms with E-state index in [4.69, 9.17) is 39.5 Å². The van der Waals surface area contributed by atoms with Crippen LogP contribution in [0, 0.1) is 0 Å². The van der Waals surface area contributed by atoms with Crippen LogP contribution in [0.5, 0.6) is 5.75 Å². The summed E-state index contributed by atoms with van der Waals surface area (Å²) in [5.74, 6) is -2.15. The predicted octanol–water partition coefficient (Wildman–Crippen LogP) is 0.299. The maximum absolute atomic E-state index is 14.2. The second-order valence-corrected chi connectivity index (χ2v) is 17.1. The van der Waals surface area contributed by atoms with Crippen LogP contribution in [0.2, 0.25) is 0 Å². The molecule has 2 aliphatic heterocycles. The van der Waals surface area contributed by atoms with Crippen LogP contribution >= 0.6 is 16.2 Å². The number of imidazole rings is 1. The number of ether oxygens (including phenoxy) is 4. The van der Waals surface area contributed by atoms with Crippen molar-refractivity contribution in [2.45, 2.75) is 87.5 Å². The number of nitrogen functional groups attached to an aromatic ring is 2. The number of carbonyl (C=O) groups is 2. The van der Waals surface area contributed by atoms with E-state index in [1.165, 1.54) is 59.8 Å². The van der Waals surface area contributed by atoms with E-state index in [1.54, 1.807) is 6.92 Å². The minimum atomic E-state index is -5.17. The van der Waals surface area contributed by atoms with Crippen LogP contribution in [0.15, 0.2) is 78.7 Å². The average molecular weight is 924 g/mol. The van der Waals surface area contributed by atoms with Gasteiger partial charge in [-0.2, -0.15) is 0 Å². The molecule has 2 saturated heterocycles. The Bertz CT molecular complexity index is 2380. The van der Waals surface area contributed by atoms with E-state index in [0.29, 0.717) is 12.7 Å². The van der Waals surface area contributed by atoms with Gasteiger partial charge in [0.25, 0.3) is 0 Å². The van der Waals surface area contributed by atoms with E-state index in [-0.39, 0.29) is 59.1 Å². The molecule has 1 aromatic carbocycles. The number of nitrogens with zero attached hydrogens (tertiary/aromatic N) is 6. The van der Waals surface area contributed by atoms with Gasteiger partial charge in [0.2, 0.25) is 12.1 Å². The van der Waals surface area contributed by atoms with Crippen LogP contribution in [0.4, 0.5) is 11.6 Å². The summed E-state index contributed by atoms with van der Waals surface area (Å²) in [5.41, 5.74) is 9.76. The van der Waals surface area contributed by atoms with Crippen LogP contribution in [0.25, 0.3) is 11.2 Å². The molecular formula is C36H47N9O16P2. The number of aliphatic hydroxyl groups excluding tert-OH is 3. The number of hydrogen-bond donors (Lipinski definition) is 9. The van der Waals surface area contributed by atoms with Crippen molar-refractivity contribution in [3.05, 3.63) is 89.9 Å². The zero-order valence-electron chi connectivity index (χ0n) is 33.3. The van der Waals surface area contributed by atoms with E-state index in [0.717, 1.165) is 4.57 Å². The number of rotatable bonds is 19. The molecule has 10 atom stereocenters. The molecule has 342 valence electrons. The molecule has 11 N–H and O–H groups in total. The Balaban J connectivity index is 1.25. The first-order valence-electron chi connectivity index (χ1n) is 19.2. The summed E-state index contributed by atoms with van der Waals surface area (Å²) in [7, 11) is -8.66. The van der Waals surface area contributed by atoms with E-state index in [2.05, 4.69) is 31.8 Å². The van der Waals surface area contributed by atoms with Crippen LogP contribution < -0.4 is 27.0 Å². The number of allylic oxidation sites excluding steroid dienone is 1. The first kappa shape index (κ1) is 46.9. The molecule has 25 nitrogen and oxygen atoms in total. The molecule has 5 heterocycles. The molecule has 1 amide bonds. The normalized spacial score (nSPS) is 24.7. The molecule has 0 spiro atoms. The van der Waals surface area contributed by atoms with Crippen molar-refractivity contribution in [3.63, 3.8) is 0 Å². The predicted molar refractivity (Wildman–Crippen MR) is 220 cm³/mol. The Kier molecular flexibility index (Phi) is 15.1. The SMILES string of the molecule is C=CCCC(=O)N[C@H](C(=O)O[C@@H]1/C(=C/O)O[C@@H](n2cnc3c(N)ncnc32)[C@@H]1O)c1ccc(O[PH](=O)[C@H]2[C@@H](OC(O)CCC)[C@H](n3ccc(N)nc3=O)O[C@@H]2CO[PH](O)(O)O)cc1. The Labute approximate surface area is 358 Å².